The molecule has 1 aliphatic rings. The fraction of sp³-hybridized carbons (Fsp3) is 0.217. The minimum atomic E-state index is 0.149. The molecule has 2 nitrogen and oxygen atoms in total. The molecule has 2 heteroatoms. The highest BCUT2D eigenvalue weighted by Gasteiger charge is 2.25. The van der Waals surface area contributed by atoms with Crippen LogP contribution in [0.15, 0.2) is 66.7 Å². The average molecular weight is 329 g/mol. The summed E-state index contributed by atoms with van der Waals surface area (Å²) in [5, 5.41) is 0. The number of benzene rings is 3. The Morgan fingerprint density at radius 2 is 1.44 bits per heavy atom. The van der Waals surface area contributed by atoms with E-state index < -0.39 is 0 Å². The van der Waals surface area contributed by atoms with Crippen LogP contribution in [0.25, 0.3) is 0 Å². The molecule has 25 heavy (non-hydrogen) atoms. The van der Waals surface area contributed by atoms with Crippen LogP contribution in [0.3, 0.4) is 0 Å². The lowest BCUT2D eigenvalue weighted by molar-refractivity contribution is 0.476. The first-order valence-electron chi connectivity index (χ1n) is 8.72. The lowest BCUT2D eigenvalue weighted by Gasteiger charge is -2.33. The molecule has 126 valence electrons. The third-order valence-electron chi connectivity index (χ3n) is 4.67. The summed E-state index contributed by atoms with van der Waals surface area (Å²) in [5.41, 5.74) is 5.98. The first kappa shape index (κ1) is 15.8. The van der Waals surface area contributed by atoms with Crippen molar-refractivity contribution in [2.24, 2.45) is 0 Å². The quantitative estimate of drug-likeness (QED) is 0.378. The van der Waals surface area contributed by atoms with Crippen molar-refractivity contribution in [3.63, 3.8) is 0 Å². The molecule has 0 fully saturated rings. The highest BCUT2D eigenvalue weighted by molar-refractivity contribution is 5.86. The van der Waals surface area contributed by atoms with E-state index in [2.05, 4.69) is 87.2 Å². The third-order valence-corrected chi connectivity index (χ3v) is 4.67. The van der Waals surface area contributed by atoms with Crippen molar-refractivity contribution in [1.29, 1.82) is 0 Å². The zero-order chi connectivity index (χ0) is 17.6. The van der Waals surface area contributed by atoms with Gasteiger partial charge in [-0.3, -0.25) is 0 Å². The summed E-state index contributed by atoms with van der Waals surface area (Å²) >= 11 is 0. The summed E-state index contributed by atoms with van der Waals surface area (Å²) in [6, 6.07) is 23.4. The summed E-state index contributed by atoms with van der Waals surface area (Å²) in [6.07, 6.45) is 0. The zero-order valence-corrected chi connectivity index (χ0v) is 15.2. The molecular formula is C23H23NO. The van der Waals surface area contributed by atoms with Gasteiger partial charge in [0.25, 0.3) is 0 Å². The zero-order valence-electron chi connectivity index (χ0n) is 15.2. The largest absolute Gasteiger partial charge is 0.453 e. The Morgan fingerprint density at radius 1 is 0.760 bits per heavy atom. The van der Waals surface area contributed by atoms with Gasteiger partial charge in [0, 0.05) is 5.69 Å². The Labute approximate surface area is 149 Å². The number of nitrogens with zero attached hydrogens (tertiary/aromatic N) is 1. The number of rotatable bonds is 1. The first-order chi connectivity index (χ1) is 11.9. The van der Waals surface area contributed by atoms with Gasteiger partial charge in [0.2, 0.25) is 0 Å². The van der Waals surface area contributed by atoms with Crippen molar-refractivity contribution in [2.75, 3.05) is 4.90 Å². The predicted molar refractivity (Wildman–Crippen MR) is 105 cm³/mol. The van der Waals surface area contributed by atoms with Crippen molar-refractivity contribution in [3.8, 4) is 11.5 Å². The van der Waals surface area contributed by atoms with E-state index in [1.807, 2.05) is 12.1 Å². The number of fused-ring (bicyclic) bond motifs is 2. The minimum absolute atomic E-state index is 0.149. The molecule has 0 radical (unpaired) electrons. The van der Waals surface area contributed by atoms with Crippen LogP contribution >= 0.6 is 0 Å². The van der Waals surface area contributed by atoms with Crippen molar-refractivity contribution in [1.82, 2.24) is 0 Å². The molecule has 0 N–H and O–H groups in total. The lowest BCUT2D eigenvalue weighted by Crippen LogP contribution is -2.16. The lowest BCUT2D eigenvalue weighted by atomic mass is 9.87. The molecule has 1 aliphatic heterocycles. The Kier molecular flexibility index (Phi) is 3.57. The van der Waals surface area contributed by atoms with Crippen LogP contribution in [0.1, 0.15) is 31.9 Å². The number of aryl methyl sites for hydroxylation is 1. The van der Waals surface area contributed by atoms with Crippen molar-refractivity contribution in [2.45, 2.75) is 33.1 Å². The molecule has 4 rings (SSSR count). The normalized spacial score (nSPS) is 13.0. The van der Waals surface area contributed by atoms with E-state index in [4.69, 9.17) is 4.74 Å². The van der Waals surface area contributed by atoms with Crippen molar-refractivity contribution >= 4 is 17.1 Å². The Morgan fingerprint density at radius 3 is 2.16 bits per heavy atom. The summed E-state index contributed by atoms with van der Waals surface area (Å²) in [6.45, 7) is 8.81. The van der Waals surface area contributed by atoms with Gasteiger partial charge in [0.05, 0.1) is 11.4 Å². The van der Waals surface area contributed by atoms with Crippen LogP contribution in [0.5, 0.6) is 11.5 Å². The Bertz CT molecular complexity index is 920. The summed E-state index contributed by atoms with van der Waals surface area (Å²) in [4.78, 5) is 2.28. The molecule has 0 aliphatic carbocycles. The van der Waals surface area contributed by atoms with Gasteiger partial charge in [0.1, 0.15) is 0 Å². The molecule has 3 aromatic rings. The second-order valence-corrected chi connectivity index (χ2v) is 7.67. The average Bonchev–Trinajstić information content (AvgIpc) is 2.59. The Hall–Kier alpha value is -2.74. The molecule has 0 amide bonds. The maximum atomic E-state index is 6.15. The topological polar surface area (TPSA) is 12.5 Å². The second kappa shape index (κ2) is 5.66. The molecular weight excluding hydrogens is 306 g/mol. The van der Waals surface area contributed by atoms with Gasteiger partial charge in [-0.05, 0) is 59.9 Å². The molecule has 0 bridgehead atoms. The highest BCUT2D eigenvalue weighted by atomic mass is 16.5. The highest BCUT2D eigenvalue weighted by Crippen LogP contribution is 2.50. The van der Waals surface area contributed by atoms with Crippen LogP contribution in [-0.2, 0) is 5.41 Å². The van der Waals surface area contributed by atoms with Gasteiger partial charge < -0.3 is 9.64 Å². The number of hydrogen-bond acceptors (Lipinski definition) is 2. The standard InChI is InChI=1S/C23H23NO/c1-16-9-14-20-22(15-16)25-21-8-6-5-7-19(21)24(20)18-12-10-17(11-13-18)23(2,3)4/h5-15H,1-4H3. The van der Waals surface area contributed by atoms with Crippen molar-refractivity contribution < 1.29 is 4.74 Å². The van der Waals surface area contributed by atoms with E-state index in [1.54, 1.807) is 0 Å². The molecule has 0 unspecified atom stereocenters. The fourth-order valence-electron chi connectivity index (χ4n) is 3.25. The van der Waals surface area contributed by atoms with Crippen LogP contribution < -0.4 is 9.64 Å². The van der Waals surface area contributed by atoms with Gasteiger partial charge in [-0.25, -0.2) is 0 Å². The molecule has 0 saturated heterocycles. The van der Waals surface area contributed by atoms with Gasteiger partial charge in [-0.1, -0.05) is 51.1 Å². The van der Waals surface area contributed by atoms with Gasteiger partial charge in [-0.15, -0.1) is 0 Å². The molecule has 0 atom stereocenters. The van der Waals surface area contributed by atoms with Gasteiger partial charge >= 0.3 is 0 Å². The van der Waals surface area contributed by atoms with E-state index in [0.717, 1.165) is 28.6 Å². The molecule has 0 aromatic heterocycles. The van der Waals surface area contributed by atoms with Crippen LogP contribution in [0.2, 0.25) is 0 Å². The Balaban J connectivity index is 1.87. The van der Waals surface area contributed by atoms with E-state index in [1.165, 1.54) is 11.1 Å². The smallest absolute Gasteiger partial charge is 0.151 e. The third kappa shape index (κ3) is 2.78. The molecule has 3 aromatic carbocycles. The number of anilines is 3. The predicted octanol–water partition coefficient (Wildman–Crippen LogP) is 6.87. The summed E-state index contributed by atoms with van der Waals surface area (Å²) in [7, 11) is 0. The van der Waals surface area contributed by atoms with Crippen LogP contribution in [0, 0.1) is 6.92 Å². The molecule has 1 heterocycles. The van der Waals surface area contributed by atoms with Gasteiger partial charge in [0.15, 0.2) is 11.5 Å². The van der Waals surface area contributed by atoms with Gasteiger partial charge in [-0.2, -0.15) is 0 Å². The van der Waals surface area contributed by atoms with Crippen molar-refractivity contribution in [3.05, 3.63) is 77.9 Å². The SMILES string of the molecule is Cc1ccc2c(c1)Oc1ccccc1N2c1ccc(C(C)(C)C)cc1. The number of ether oxygens (including phenoxy) is 1. The molecule has 0 saturated carbocycles. The maximum Gasteiger partial charge on any atom is 0.151 e. The molecule has 0 spiro atoms. The monoisotopic (exact) mass is 329 g/mol. The summed E-state index contributed by atoms with van der Waals surface area (Å²) < 4.78 is 6.15. The number of hydrogen-bond donors (Lipinski definition) is 0. The maximum absolute atomic E-state index is 6.15. The van der Waals surface area contributed by atoms with Crippen LogP contribution in [-0.4, -0.2) is 0 Å². The first-order valence-corrected chi connectivity index (χ1v) is 8.72. The fourth-order valence-corrected chi connectivity index (χ4v) is 3.25. The van der Waals surface area contributed by atoms with Crippen LogP contribution in [0.4, 0.5) is 17.1 Å². The van der Waals surface area contributed by atoms with E-state index >= 15 is 0 Å². The van der Waals surface area contributed by atoms with E-state index in [-0.39, 0.29) is 5.41 Å². The summed E-state index contributed by atoms with van der Waals surface area (Å²) in [5.74, 6) is 1.79. The minimum Gasteiger partial charge on any atom is -0.453 e. The van der Waals surface area contributed by atoms with E-state index in [9.17, 15) is 0 Å². The second-order valence-electron chi connectivity index (χ2n) is 7.67. The number of para-hydroxylation sites is 2. The van der Waals surface area contributed by atoms with E-state index in [0.29, 0.717) is 0 Å².